The van der Waals surface area contributed by atoms with Crippen LogP contribution in [-0.4, -0.2) is 39.1 Å². The van der Waals surface area contributed by atoms with Gasteiger partial charge in [-0.25, -0.2) is 0 Å². The molecule has 1 aliphatic heterocycles. The van der Waals surface area contributed by atoms with E-state index in [1.807, 2.05) is 40.0 Å². The Kier molecular flexibility index (Phi) is 4.73. The van der Waals surface area contributed by atoms with Crippen molar-refractivity contribution in [2.24, 2.45) is 5.92 Å². The summed E-state index contributed by atoms with van der Waals surface area (Å²) in [5.41, 5.74) is 2.25. The largest absolute Gasteiger partial charge is 0.352 e. The van der Waals surface area contributed by atoms with E-state index >= 15 is 0 Å². The van der Waals surface area contributed by atoms with Crippen LogP contribution in [0.2, 0.25) is 0 Å². The van der Waals surface area contributed by atoms with Crippen LogP contribution < -0.4 is 5.32 Å². The molecule has 1 N–H and O–H groups in total. The van der Waals surface area contributed by atoms with Gasteiger partial charge in [0.05, 0.1) is 12.5 Å². The minimum Gasteiger partial charge on any atom is -0.352 e. The first-order valence-corrected chi connectivity index (χ1v) is 9.32. The van der Waals surface area contributed by atoms with Gasteiger partial charge in [-0.05, 0) is 36.5 Å². The third-order valence-electron chi connectivity index (χ3n) is 5.27. The zero-order chi connectivity index (χ0) is 17.9. The Balaban J connectivity index is 1.36. The number of hydrogen-bond acceptors (Lipinski definition) is 3. The lowest BCUT2D eigenvalue weighted by Crippen LogP contribution is -2.46. The maximum absolute atomic E-state index is 12.6. The second kappa shape index (κ2) is 7.32. The van der Waals surface area contributed by atoms with Gasteiger partial charge in [0.15, 0.2) is 0 Å². The Morgan fingerprint density at radius 2 is 1.96 bits per heavy atom. The normalized spacial score (nSPS) is 20.2. The summed E-state index contributed by atoms with van der Waals surface area (Å²) in [5.74, 6) is 0.171. The van der Waals surface area contributed by atoms with Gasteiger partial charge in [-0.1, -0.05) is 24.3 Å². The Morgan fingerprint density at radius 3 is 2.69 bits per heavy atom. The lowest BCUT2D eigenvalue weighted by molar-refractivity contribution is -0.138. The molecule has 1 saturated heterocycles. The number of rotatable bonds is 6. The highest BCUT2D eigenvalue weighted by molar-refractivity contribution is 5.84. The molecule has 1 aliphatic carbocycles. The molecule has 0 bridgehead atoms. The molecule has 0 radical (unpaired) electrons. The highest BCUT2D eigenvalue weighted by atomic mass is 16.2. The molecule has 26 heavy (non-hydrogen) atoms. The molecule has 1 aromatic heterocycles. The lowest BCUT2D eigenvalue weighted by atomic mass is 9.96. The standard InChI is InChI=1S/C20H24N4O2/c25-19-9-6-17(14-24(19)18-7-8-18)20(26)21-12-15-4-1-2-5-16(15)13-23-11-3-10-22-23/h1-5,10-11,17-18H,6-9,12-14H2,(H,21,26)/t17-/m0/s1. The summed E-state index contributed by atoms with van der Waals surface area (Å²) in [7, 11) is 0. The van der Waals surface area contributed by atoms with Gasteiger partial charge >= 0.3 is 0 Å². The number of hydrogen-bond donors (Lipinski definition) is 1. The Hall–Kier alpha value is -2.63. The van der Waals surface area contributed by atoms with Gasteiger partial charge in [0.2, 0.25) is 11.8 Å². The number of nitrogens with zero attached hydrogens (tertiary/aromatic N) is 3. The molecule has 2 aromatic rings. The smallest absolute Gasteiger partial charge is 0.225 e. The minimum atomic E-state index is -0.0911. The molecule has 1 aromatic carbocycles. The first-order valence-electron chi connectivity index (χ1n) is 9.32. The molecule has 0 spiro atoms. The van der Waals surface area contributed by atoms with Crippen LogP contribution in [0.4, 0.5) is 0 Å². The van der Waals surface area contributed by atoms with Crippen molar-refractivity contribution in [1.29, 1.82) is 0 Å². The molecule has 1 saturated carbocycles. The van der Waals surface area contributed by atoms with Crippen molar-refractivity contribution in [2.75, 3.05) is 6.54 Å². The maximum atomic E-state index is 12.6. The summed E-state index contributed by atoms with van der Waals surface area (Å²) >= 11 is 0. The SMILES string of the molecule is O=C(NCc1ccccc1Cn1cccn1)[C@H]1CCC(=O)N(C2CC2)C1. The molecule has 2 amide bonds. The van der Waals surface area contributed by atoms with E-state index in [4.69, 9.17) is 0 Å². The van der Waals surface area contributed by atoms with E-state index in [-0.39, 0.29) is 17.7 Å². The van der Waals surface area contributed by atoms with Crippen LogP contribution in [0.3, 0.4) is 0 Å². The third-order valence-corrected chi connectivity index (χ3v) is 5.27. The molecule has 2 aliphatic rings. The van der Waals surface area contributed by atoms with Crippen LogP contribution in [-0.2, 0) is 22.7 Å². The van der Waals surface area contributed by atoms with Crippen molar-refractivity contribution in [2.45, 2.75) is 44.8 Å². The molecule has 2 heterocycles. The number of amides is 2. The minimum absolute atomic E-state index is 0.0528. The topological polar surface area (TPSA) is 67.2 Å². The molecule has 4 rings (SSSR count). The number of aromatic nitrogens is 2. The number of piperidine rings is 1. The van der Waals surface area contributed by atoms with Gasteiger partial charge in [-0.2, -0.15) is 5.10 Å². The van der Waals surface area contributed by atoms with Gasteiger partial charge in [0.25, 0.3) is 0 Å². The summed E-state index contributed by atoms with van der Waals surface area (Å²) in [4.78, 5) is 26.5. The van der Waals surface area contributed by atoms with Crippen molar-refractivity contribution in [1.82, 2.24) is 20.0 Å². The average Bonchev–Trinajstić information content (AvgIpc) is 3.37. The van der Waals surface area contributed by atoms with E-state index in [1.165, 1.54) is 0 Å². The third kappa shape index (κ3) is 3.79. The highest BCUT2D eigenvalue weighted by Crippen LogP contribution is 2.31. The number of benzene rings is 1. The quantitative estimate of drug-likeness (QED) is 0.864. The second-order valence-corrected chi connectivity index (χ2v) is 7.20. The second-order valence-electron chi connectivity index (χ2n) is 7.20. The molecular weight excluding hydrogens is 328 g/mol. The predicted molar refractivity (Wildman–Crippen MR) is 97.1 cm³/mol. The van der Waals surface area contributed by atoms with E-state index in [0.717, 1.165) is 24.0 Å². The summed E-state index contributed by atoms with van der Waals surface area (Å²) in [6.45, 7) is 1.76. The van der Waals surface area contributed by atoms with Crippen LogP contribution in [0, 0.1) is 5.92 Å². The molecule has 1 atom stereocenters. The summed E-state index contributed by atoms with van der Waals surface area (Å²) in [6, 6.07) is 10.4. The van der Waals surface area contributed by atoms with Gasteiger partial charge < -0.3 is 10.2 Å². The fourth-order valence-corrected chi connectivity index (χ4v) is 3.60. The van der Waals surface area contributed by atoms with Crippen molar-refractivity contribution in [3.05, 3.63) is 53.9 Å². The highest BCUT2D eigenvalue weighted by Gasteiger charge is 2.38. The van der Waals surface area contributed by atoms with E-state index in [9.17, 15) is 9.59 Å². The van der Waals surface area contributed by atoms with Crippen molar-refractivity contribution < 1.29 is 9.59 Å². The van der Waals surface area contributed by atoms with E-state index in [0.29, 0.717) is 38.5 Å². The fourth-order valence-electron chi connectivity index (χ4n) is 3.60. The summed E-state index contributed by atoms with van der Waals surface area (Å²) in [6.07, 6.45) is 7.01. The summed E-state index contributed by atoms with van der Waals surface area (Å²) in [5, 5.41) is 7.33. The zero-order valence-electron chi connectivity index (χ0n) is 14.8. The molecule has 0 unspecified atom stereocenters. The molecule has 6 heteroatoms. The predicted octanol–water partition coefficient (Wildman–Crippen LogP) is 1.95. The maximum Gasteiger partial charge on any atom is 0.225 e. The van der Waals surface area contributed by atoms with Crippen molar-refractivity contribution >= 4 is 11.8 Å². The van der Waals surface area contributed by atoms with Crippen molar-refractivity contribution in [3.8, 4) is 0 Å². The van der Waals surface area contributed by atoms with Crippen molar-refractivity contribution in [3.63, 3.8) is 0 Å². The Bertz CT molecular complexity index is 783. The fraction of sp³-hybridized carbons (Fsp3) is 0.450. The average molecular weight is 352 g/mol. The van der Waals surface area contributed by atoms with Gasteiger partial charge in [-0.15, -0.1) is 0 Å². The van der Waals surface area contributed by atoms with Crippen LogP contribution in [0.15, 0.2) is 42.7 Å². The first-order chi connectivity index (χ1) is 12.7. The first kappa shape index (κ1) is 16.8. The number of carbonyl (C=O) groups excluding carboxylic acids is 2. The lowest BCUT2D eigenvalue weighted by Gasteiger charge is -2.32. The molecule has 136 valence electrons. The number of carbonyl (C=O) groups is 2. The number of likely N-dealkylation sites (tertiary alicyclic amines) is 1. The number of nitrogens with one attached hydrogen (secondary N) is 1. The van der Waals surface area contributed by atoms with E-state index in [2.05, 4.69) is 16.5 Å². The monoisotopic (exact) mass is 352 g/mol. The zero-order valence-corrected chi connectivity index (χ0v) is 14.8. The molecule has 2 fully saturated rings. The summed E-state index contributed by atoms with van der Waals surface area (Å²) < 4.78 is 1.88. The van der Waals surface area contributed by atoms with Crippen LogP contribution >= 0.6 is 0 Å². The van der Waals surface area contributed by atoms with E-state index < -0.39 is 0 Å². The Labute approximate surface area is 153 Å². The van der Waals surface area contributed by atoms with Crippen LogP contribution in [0.25, 0.3) is 0 Å². The van der Waals surface area contributed by atoms with Crippen LogP contribution in [0.5, 0.6) is 0 Å². The Morgan fingerprint density at radius 1 is 1.15 bits per heavy atom. The van der Waals surface area contributed by atoms with Gasteiger partial charge in [-0.3, -0.25) is 14.3 Å². The van der Waals surface area contributed by atoms with Crippen LogP contribution in [0.1, 0.15) is 36.8 Å². The molecular formula is C20H24N4O2. The van der Waals surface area contributed by atoms with Gasteiger partial charge in [0.1, 0.15) is 0 Å². The van der Waals surface area contributed by atoms with Gasteiger partial charge in [0, 0.05) is 37.9 Å². The van der Waals surface area contributed by atoms with E-state index in [1.54, 1.807) is 6.20 Å². The molecule has 6 nitrogen and oxygen atoms in total.